The number of aryl methyl sites for hydroxylation is 1. The molecule has 0 spiro atoms. The molecule has 1 aliphatic heterocycles. The Kier molecular flexibility index (Phi) is 5.79. The van der Waals surface area contributed by atoms with Crippen LogP contribution in [0.25, 0.3) is 0 Å². The van der Waals surface area contributed by atoms with Crippen molar-refractivity contribution in [2.45, 2.75) is 27.7 Å². The van der Waals surface area contributed by atoms with Gasteiger partial charge in [-0.3, -0.25) is 14.4 Å². The van der Waals surface area contributed by atoms with E-state index in [0.29, 0.717) is 17.8 Å². The molecule has 0 unspecified atom stereocenters. The summed E-state index contributed by atoms with van der Waals surface area (Å²) >= 11 is 0. The third-order valence-electron chi connectivity index (χ3n) is 5.59. The number of carbonyl (C=O) groups excluding carboxylic acids is 3. The lowest BCUT2D eigenvalue weighted by Crippen LogP contribution is -3.15. The van der Waals surface area contributed by atoms with Gasteiger partial charge in [0.2, 0.25) is 5.78 Å². The van der Waals surface area contributed by atoms with Crippen LogP contribution in [0, 0.1) is 13.8 Å². The van der Waals surface area contributed by atoms with E-state index in [2.05, 4.69) is 9.88 Å². The largest absolute Gasteiger partial charge is 0.360 e. The molecular weight excluding hydrogens is 354 g/mol. The second-order valence-electron chi connectivity index (χ2n) is 7.62. The van der Waals surface area contributed by atoms with Gasteiger partial charge >= 0.3 is 0 Å². The zero-order valence-electron chi connectivity index (χ0n) is 17.0. The number of ketones is 3. The third-order valence-corrected chi connectivity index (χ3v) is 5.59. The molecule has 0 radical (unpaired) electrons. The Labute approximate surface area is 165 Å². The summed E-state index contributed by atoms with van der Waals surface area (Å²) in [6, 6.07) is 7.70. The molecule has 0 bridgehead atoms. The summed E-state index contributed by atoms with van der Waals surface area (Å²) in [6.07, 6.45) is 0. The number of carbonyl (C=O) groups is 3. The van der Waals surface area contributed by atoms with Crippen LogP contribution in [0.15, 0.2) is 24.3 Å². The van der Waals surface area contributed by atoms with Crippen molar-refractivity contribution in [1.82, 2.24) is 4.98 Å². The van der Waals surface area contributed by atoms with Crippen LogP contribution in [0.1, 0.15) is 56.3 Å². The lowest BCUT2D eigenvalue weighted by atomic mass is 10.1. The standard InChI is InChI=1S/C22H27N3O3/c1-14-21(17(4)27)15(2)23-22(14)20(28)13-24-9-11-25(12-10-24)19-7-5-18(6-8-19)16(3)26/h5-8,23H,9-13H2,1-4H3/p+1. The molecule has 28 heavy (non-hydrogen) atoms. The van der Waals surface area contributed by atoms with Gasteiger partial charge < -0.3 is 14.8 Å². The summed E-state index contributed by atoms with van der Waals surface area (Å²) < 4.78 is 0. The third kappa shape index (κ3) is 4.07. The number of nitrogens with one attached hydrogen (secondary N) is 2. The van der Waals surface area contributed by atoms with Crippen molar-refractivity contribution in [3.8, 4) is 0 Å². The number of piperazine rings is 1. The zero-order chi connectivity index (χ0) is 20.4. The molecule has 6 nitrogen and oxygen atoms in total. The number of aromatic nitrogens is 1. The monoisotopic (exact) mass is 382 g/mol. The molecule has 0 atom stereocenters. The van der Waals surface area contributed by atoms with Crippen molar-refractivity contribution < 1.29 is 19.3 Å². The van der Waals surface area contributed by atoms with Crippen LogP contribution in [0.5, 0.6) is 0 Å². The fourth-order valence-corrected chi connectivity index (χ4v) is 4.04. The maximum atomic E-state index is 12.8. The van der Waals surface area contributed by atoms with Gasteiger partial charge in [0, 0.05) is 22.5 Å². The average molecular weight is 382 g/mol. The Morgan fingerprint density at radius 3 is 2.11 bits per heavy atom. The van der Waals surface area contributed by atoms with Crippen molar-refractivity contribution in [3.63, 3.8) is 0 Å². The Morgan fingerprint density at radius 2 is 1.61 bits per heavy atom. The van der Waals surface area contributed by atoms with Crippen LogP contribution in [0.4, 0.5) is 5.69 Å². The van der Waals surface area contributed by atoms with Gasteiger partial charge in [0.1, 0.15) is 6.54 Å². The van der Waals surface area contributed by atoms with Crippen LogP contribution < -0.4 is 9.80 Å². The molecule has 2 N–H and O–H groups in total. The quantitative estimate of drug-likeness (QED) is 0.745. The lowest BCUT2D eigenvalue weighted by Gasteiger charge is -2.33. The van der Waals surface area contributed by atoms with Gasteiger partial charge in [-0.05, 0) is 57.5 Å². The molecule has 2 aromatic rings. The molecule has 1 aromatic heterocycles. The van der Waals surface area contributed by atoms with E-state index >= 15 is 0 Å². The van der Waals surface area contributed by atoms with Crippen molar-refractivity contribution in [2.24, 2.45) is 0 Å². The molecule has 0 aliphatic carbocycles. The van der Waals surface area contributed by atoms with E-state index in [1.165, 1.54) is 11.8 Å². The molecule has 1 aromatic carbocycles. The molecule has 1 fully saturated rings. The summed E-state index contributed by atoms with van der Waals surface area (Å²) in [5, 5.41) is 0. The van der Waals surface area contributed by atoms with E-state index in [9.17, 15) is 14.4 Å². The summed E-state index contributed by atoms with van der Waals surface area (Å²) in [5.41, 5.74) is 4.56. The van der Waals surface area contributed by atoms with E-state index in [1.807, 2.05) is 38.1 Å². The van der Waals surface area contributed by atoms with Crippen LogP contribution in [0.2, 0.25) is 0 Å². The van der Waals surface area contributed by atoms with E-state index in [0.717, 1.165) is 48.7 Å². The van der Waals surface area contributed by atoms with Gasteiger partial charge in [0.25, 0.3) is 0 Å². The summed E-state index contributed by atoms with van der Waals surface area (Å²) in [5.74, 6) is 0.117. The van der Waals surface area contributed by atoms with E-state index in [1.54, 1.807) is 6.92 Å². The predicted octanol–water partition coefficient (Wildman–Crippen LogP) is 1.62. The van der Waals surface area contributed by atoms with Gasteiger partial charge in [-0.2, -0.15) is 0 Å². The normalized spacial score (nSPS) is 14.9. The van der Waals surface area contributed by atoms with Crippen LogP contribution >= 0.6 is 0 Å². The molecule has 148 valence electrons. The van der Waals surface area contributed by atoms with Crippen LogP contribution in [-0.2, 0) is 0 Å². The number of H-pyrrole nitrogens is 1. The highest BCUT2D eigenvalue weighted by atomic mass is 16.1. The Bertz CT molecular complexity index is 904. The number of aromatic amines is 1. The molecule has 1 aliphatic rings. The summed E-state index contributed by atoms with van der Waals surface area (Å²) in [4.78, 5) is 42.6. The predicted molar refractivity (Wildman–Crippen MR) is 109 cm³/mol. The van der Waals surface area contributed by atoms with Gasteiger partial charge in [-0.15, -0.1) is 0 Å². The zero-order valence-corrected chi connectivity index (χ0v) is 17.0. The first-order valence-corrected chi connectivity index (χ1v) is 9.70. The first kappa shape index (κ1) is 20.0. The summed E-state index contributed by atoms with van der Waals surface area (Å²) in [6.45, 7) is 10.7. The number of rotatable bonds is 6. The molecule has 1 saturated heterocycles. The second kappa shape index (κ2) is 8.10. The molecule has 2 heterocycles. The number of hydrogen-bond acceptors (Lipinski definition) is 4. The number of anilines is 1. The van der Waals surface area contributed by atoms with Gasteiger partial charge in [0.15, 0.2) is 11.6 Å². The Morgan fingerprint density at radius 1 is 1.00 bits per heavy atom. The fraction of sp³-hybridized carbons (Fsp3) is 0.409. The average Bonchev–Trinajstić information content (AvgIpc) is 2.97. The molecule has 0 amide bonds. The van der Waals surface area contributed by atoms with Gasteiger partial charge in [-0.25, -0.2) is 0 Å². The van der Waals surface area contributed by atoms with Crippen molar-refractivity contribution >= 4 is 23.0 Å². The minimum atomic E-state index is -0.0120. The second-order valence-corrected chi connectivity index (χ2v) is 7.62. The number of Topliss-reactive ketones (excluding diaryl/α,β-unsaturated/α-hetero) is 3. The highest BCUT2D eigenvalue weighted by Gasteiger charge is 2.26. The number of quaternary nitrogens is 1. The minimum absolute atomic E-state index is 0.0120. The number of benzene rings is 1. The SMILES string of the molecule is CC(=O)c1ccc(N2CC[NH+](CC(=O)c3[nH]c(C)c(C(C)=O)c3C)CC2)cc1. The minimum Gasteiger partial charge on any atom is -0.360 e. The topological polar surface area (TPSA) is 74.7 Å². The van der Waals surface area contributed by atoms with E-state index in [4.69, 9.17) is 0 Å². The molecule has 0 saturated carbocycles. The van der Waals surface area contributed by atoms with E-state index in [-0.39, 0.29) is 17.3 Å². The highest BCUT2D eigenvalue weighted by molar-refractivity contribution is 6.03. The highest BCUT2D eigenvalue weighted by Crippen LogP contribution is 2.19. The molecular formula is C22H28N3O3+. The first-order chi connectivity index (χ1) is 13.3. The number of hydrogen-bond donors (Lipinski definition) is 2. The van der Waals surface area contributed by atoms with Crippen LogP contribution in [0.3, 0.4) is 0 Å². The fourth-order valence-electron chi connectivity index (χ4n) is 4.04. The summed E-state index contributed by atoms with van der Waals surface area (Å²) in [7, 11) is 0. The Balaban J connectivity index is 1.60. The maximum absolute atomic E-state index is 12.8. The van der Waals surface area contributed by atoms with Crippen molar-refractivity contribution in [1.29, 1.82) is 0 Å². The maximum Gasteiger partial charge on any atom is 0.233 e. The van der Waals surface area contributed by atoms with Crippen molar-refractivity contribution in [2.75, 3.05) is 37.6 Å². The number of nitrogens with zero attached hydrogens (tertiary/aromatic N) is 1. The molecule has 6 heteroatoms. The van der Waals surface area contributed by atoms with E-state index < -0.39 is 0 Å². The molecule has 3 rings (SSSR count). The van der Waals surface area contributed by atoms with Crippen LogP contribution in [-0.4, -0.2) is 55.1 Å². The van der Waals surface area contributed by atoms with Crippen molar-refractivity contribution in [3.05, 3.63) is 52.3 Å². The Hall–Kier alpha value is -2.73. The lowest BCUT2D eigenvalue weighted by molar-refractivity contribution is -0.892. The van der Waals surface area contributed by atoms with Gasteiger partial charge in [-0.1, -0.05) is 0 Å². The first-order valence-electron chi connectivity index (χ1n) is 9.70. The van der Waals surface area contributed by atoms with Gasteiger partial charge in [0.05, 0.1) is 31.9 Å². The smallest absolute Gasteiger partial charge is 0.233 e.